The lowest BCUT2D eigenvalue weighted by Crippen LogP contribution is -2.46. The van der Waals surface area contributed by atoms with Gasteiger partial charge in [0.1, 0.15) is 0 Å². The molecule has 0 aromatic heterocycles. The smallest absolute Gasteiger partial charge is 0.321 e. The fourth-order valence-electron chi connectivity index (χ4n) is 2.94. The quantitative estimate of drug-likeness (QED) is 0.624. The SMILES string of the molecule is O=C(NCC1CNCC1O)c1cccc(N2CCCNC2=O)c1. The van der Waals surface area contributed by atoms with Gasteiger partial charge in [-0.25, -0.2) is 4.79 Å². The van der Waals surface area contributed by atoms with Crippen LogP contribution >= 0.6 is 0 Å². The van der Waals surface area contributed by atoms with Gasteiger partial charge in [0.15, 0.2) is 0 Å². The zero-order valence-electron chi connectivity index (χ0n) is 12.9. The van der Waals surface area contributed by atoms with Crippen LogP contribution in [0.5, 0.6) is 0 Å². The molecule has 1 aromatic carbocycles. The summed E-state index contributed by atoms with van der Waals surface area (Å²) in [5.41, 5.74) is 1.23. The lowest BCUT2D eigenvalue weighted by Gasteiger charge is -2.27. The number of carbonyl (C=O) groups excluding carboxylic acids is 2. The van der Waals surface area contributed by atoms with Crippen molar-refractivity contribution in [1.82, 2.24) is 16.0 Å². The third-order valence-corrected chi connectivity index (χ3v) is 4.33. The fraction of sp³-hybridized carbons (Fsp3) is 0.500. The Morgan fingerprint density at radius 2 is 2.26 bits per heavy atom. The molecule has 2 atom stereocenters. The number of nitrogens with one attached hydrogen (secondary N) is 3. The number of carbonyl (C=O) groups is 2. The summed E-state index contributed by atoms with van der Waals surface area (Å²) in [5.74, 6) is -0.154. The standard InChI is InChI=1S/C16H22N4O3/c21-14-10-17-8-12(14)9-19-15(22)11-3-1-4-13(7-11)20-6-2-5-18-16(20)23/h1,3-4,7,12,14,17,21H,2,5-6,8-10H2,(H,18,23)(H,19,22). The van der Waals surface area contributed by atoms with Crippen LogP contribution in [0.2, 0.25) is 0 Å². The second kappa shape index (κ2) is 6.97. The van der Waals surface area contributed by atoms with Gasteiger partial charge in [0.25, 0.3) is 5.91 Å². The Kier molecular flexibility index (Phi) is 4.78. The number of urea groups is 1. The highest BCUT2D eigenvalue weighted by Gasteiger charge is 2.25. The predicted molar refractivity (Wildman–Crippen MR) is 86.5 cm³/mol. The zero-order valence-corrected chi connectivity index (χ0v) is 12.9. The average Bonchev–Trinajstić information content (AvgIpc) is 2.98. The molecule has 2 aliphatic rings. The molecule has 2 saturated heterocycles. The number of aliphatic hydroxyl groups excluding tert-OH is 1. The van der Waals surface area contributed by atoms with Crippen LogP contribution in [-0.2, 0) is 0 Å². The van der Waals surface area contributed by atoms with E-state index in [9.17, 15) is 14.7 Å². The van der Waals surface area contributed by atoms with Gasteiger partial charge in [-0.05, 0) is 24.6 Å². The number of rotatable bonds is 4. The Morgan fingerprint density at radius 3 is 3.00 bits per heavy atom. The molecule has 23 heavy (non-hydrogen) atoms. The molecule has 0 saturated carbocycles. The number of aliphatic hydroxyl groups is 1. The number of hydrogen-bond donors (Lipinski definition) is 4. The molecule has 0 bridgehead atoms. The van der Waals surface area contributed by atoms with Crippen LogP contribution < -0.4 is 20.9 Å². The Balaban J connectivity index is 1.64. The summed E-state index contributed by atoms with van der Waals surface area (Å²) in [5, 5.41) is 18.5. The van der Waals surface area contributed by atoms with Crippen molar-refractivity contribution in [3.8, 4) is 0 Å². The number of nitrogens with zero attached hydrogens (tertiary/aromatic N) is 1. The fourth-order valence-corrected chi connectivity index (χ4v) is 2.94. The van der Waals surface area contributed by atoms with Crippen LogP contribution in [0.15, 0.2) is 24.3 Å². The lowest BCUT2D eigenvalue weighted by atomic mass is 10.1. The van der Waals surface area contributed by atoms with Crippen molar-refractivity contribution in [2.45, 2.75) is 12.5 Å². The van der Waals surface area contributed by atoms with Crippen LogP contribution in [0.25, 0.3) is 0 Å². The molecule has 3 rings (SSSR count). The summed E-state index contributed by atoms with van der Waals surface area (Å²) in [6.07, 6.45) is 0.466. The highest BCUT2D eigenvalue weighted by atomic mass is 16.3. The average molecular weight is 318 g/mol. The Morgan fingerprint density at radius 1 is 1.39 bits per heavy atom. The van der Waals surface area contributed by atoms with Crippen LogP contribution in [0.1, 0.15) is 16.8 Å². The maximum Gasteiger partial charge on any atom is 0.321 e. The van der Waals surface area contributed by atoms with Crippen molar-refractivity contribution in [3.05, 3.63) is 29.8 Å². The number of benzene rings is 1. The third-order valence-electron chi connectivity index (χ3n) is 4.33. The molecule has 0 radical (unpaired) electrons. The molecule has 1 aromatic rings. The first-order valence-corrected chi connectivity index (χ1v) is 7.97. The second-order valence-electron chi connectivity index (χ2n) is 5.98. The van der Waals surface area contributed by atoms with Crippen LogP contribution in [0.4, 0.5) is 10.5 Å². The predicted octanol–water partition coefficient (Wildman–Crippen LogP) is -0.0836. The van der Waals surface area contributed by atoms with Gasteiger partial charge in [0.2, 0.25) is 0 Å². The van der Waals surface area contributed by atoms with E-state index in [2.05, 4.69) is 16.0 Å². The van der Waals surface area contributed by atoms with E-state index in [4.69, 9.17) is 0 Å². The molecule has 2 fully saturated rings. The van der Waals surface area contributed by atoms with Gasteiger partial charge in [-0.3, -0.25) is 9.69 Å². The largest absolute Gasteiger partial charge is 0.391 e. The van der Waals surface area contributed by atoms with E-state index in [0.29, 0.717) is 38.3 Å². The maximum absolute atomic E-state index is 12.3. The van der Waals surface area contributed by atoms with E-state index < -0.39 is 6.10 Å². The molecular formula is C16H22N4O3. The first kappa shape index (κ1) is 15.8. The molecule has 7 nitrogen and oxygen atoms in total. The number of amides is 3. The van der Waals surface area contributed by atoms with E-state index in [0.717, 1.165) is 12.1 Å². The van der Waals surface area contributed by atoms with Crippen molar-refractivity contribution in [3.63, 3.8) is 0 Å². The van der Waals surface area contributed by atoms with E-state index in [1.165, 1.54) is 0 Å². The topological polar surface area (TPSA) is 93.7 Å². The zero-order chi connectivity index (χ0) is 16.2. The second-order valence-corrected chi connectivity index (χ2v) is 5.98. The monoisotopic (exact) mass is 318 g/mol. The highest BCUT2D eigenvalue weighted by Crippen LogP contribution is 2.18. The van der Waals surface area contributed by atoms with Crippen molar-refractivity contribution < 1.29 is 14.7 Å². The van der Waals surface area contributed by atoms with Crippen LogP contribution in [0.3, 0.4) is 0 Å². The summed E-state index contributed by atoms with van der Waals surface area (Å²) in [6.45, 7) is 3.04. The van der Waals surface area contributed by atoms with Gasteiger partial charge < -0.3 is 21.1 Å². The van der Waals surface area contributed by atoms with E-state index in [1.54, 1.807) is 23.1 Å². The molecule has 124 valence electrons. The van der Waals surface area contributed by atoms with Crippen molar-refractivity contribution in [1.29, 1.82) is 0 Å². The summed E-state index contributed by atoms with van der Waals surface area (Å²) in [4.78, 5) is 25.8. The molecule has 3 amide bonds. The first-order valence-electron chi connectivity index (χ1n) is 7.97. The minimum atomic E-state index is -0.418. The van der Waals surface area contributed by atoms with Gasteiger partial charge in [-0.2, -0.15) is 0 Å². The molecule has 2 aliphatic heterocycles. The van der Waals surface area contributed by atoms with Crippen molar-refractivity contribution in [2.75, 3.05) is 37.6 Å². The molecular weight excluding hydrogens is 296 g/mol. The van der Waals surface area contributed by atoms with E-state index in [-0.39, 0.29) is 17.9 Å². The molecule has 2 unspecified atom stereocenters. The molecule has 0 aliphatic carbocycles. The number of β-amino-alcohol motifs (C(OH)–C–C–N with tert-alkyl or cyclic N) is 1. The summed E-state index contributed by atoms with van der Waals surface area (Å²) >= 11 is 0. The Labute approximate surface area is 135 Å². The first-order chi connectivity index (χ1) is 11.1. The van der Waals surface area contributed by atoms with Crippen LogP contribution in [0, 0.1) is 5.92 Å². The highest BCUT2D eigenvalue weighted by molar-refractivity contribution is 5.97. The minimum absolute atomic E-state index is 0.0370. The minimum Gasteiger partial charge on any atom is -0.391 e. The van der Waals surface area contributed by atoms with Gasteiger partial charge >= 0.3 is 6.03 Å². The number of anilines is 1. The van der Waals surface area contributed by atoms with Gasteiger partial charge in [0.05, 0.1) is 6.10 Å². The molecule has 2 heterocycles. The summed E-state index contributed by atoms with van der Waals surface area (Å²) < 4.78 is 0. The Bertz CT molecular complexity index is 592. The Hall–Kier alpha value is -2.12. The van der Waals surface area contributed by atoms with Crippen molar-refractivity contribution >= 4 is 17.6 Å². The van der Waals surface area contributed by atoms with Gasteiger partial charge in [0, 0.05) is 49.9 Å². The third kappa shape index (κ3) is 3.62. The van der Waals surface area contributed by atoms with Gasteiger partial charge in [-0.15, -0.1) is 0 Å². The normalized spacial score (nSPS) is 24.4. The summed E-state index contributed by atoms with van der Waals surface area (Å²) in [7, 11) is 0. The summed E-state index contributed by atoms with van der Waals surface area (Å²) in [6, 6.07) is 6.92. The van der Waals surface area contributed by atoms with Crippen LogP contribution in [-0.4, -0.2) is 55.9 Å². The van der Waals surface area contributed by atoms with E-state index in [1.807, 2.05) is 6.07 Å². The number of hydrogen-bond acceptors (Lipinski definition) is 4. The molecule has 4 N–H and O–H groups in total. The molecule has 7 heteroatoms. The molecule has 0 spiro atoms. The lowest BCUT2D eigenvalue weighted by molar-refractivity contribution is 0.0927. The van der Waals surface area contributed by atoms with E-state index >= 15 is 0 Å². The maximum atomic E-state index is 12.3. The van der Waals surface area contributed by atoms with Gasteiger partial charge in [-0.1, -0.05) is 6.07 Å². The van der Waals surface area contributed by atoms with Crippen molar-refractivity contribution in [2.24, 2.45) is 5.92 Å².